The summed E-state index contributed by atoms with van der Waals surface area (Å²) < 4.78 is 0. The highest BCUT2D eigenvalue weighted by Crippen LogP contribution is 2.31. The van der Waals surface area contributed by atoms with Crippen LogP contribution in [0.5, 0.6) is 0 Å². The third kappa shape index (κ3) is 1.16. The Balaban J connectivity index is 2.46. The topological polar surface area (TPSA) is 46.3 Å². The number of benzene rings is 1. The second-order valence-electron chi connectivity index (χ2n) is 3.39. The van der Waals surface area contributed by atoms with E-state index in [4.69, 9.17) is 5.73 Å². The molecule has 0 bridgehead atoms. The lowest BCUT2D eigenvalue weighted by molar-refractivity contribution is 0.253. The maximum absolute atomic E-state index is 11.1. The number of hydrogen-bond acceptors (Lipinski definition) is 1. The number of carbonyl (C=O) groups excluding carboxylic acids is 1. The zero-order valence-corrected chi connectivity index (χ0v) is 7.53. The fourth-order valence-corrected chi connectivity index (χ4v) is 1.90. The lowest BCUT2D eigenvalue weighted by Gasteiger charge is -2.19. The molecule has 2 N–H and O–H groups in total. The summed E-state index contributed by atoms with van der Waals surface area (Å²) in [5, 5.41) is 0. The van der Waals surface area contributed by atoms with Crippen LogP contribution in [0.2, 0.25) is 0 Å². The zero-order chi connectivity index (χ0) is 9.42. The van der Waals surface area contributed by atoms with E-state index in [9.17, 15) is 4.79 Å². The van der Waals surface area contributed by atoms with Gasteiger partial charge in [0.15, 0.2) is 0 Å². The SMILES string of the molecule is CC1Cc2ccccc2N1C(N)=O. The molecule has 1 atom stereocenters. The van der Waals surface area contributed by atoms with E-state index in [-0.39, 0.29) is 12.1 Å². The lowest BCUT2D eigenvalue weighted by Crippen LogP contribution is -2.39. The Morgan fingerprint density at radius 2 is 2.23 bits per heavy atom. The first-order valence-electron chi connectivity index (χ1n) is 4.36. The van der Waals surface area contributed by atoms with Crippen molar-refractivity contribution in [3.8, 4) is 0 Å². The van der Waals surface area contributed by atoms with Crippen molar-refractivity contribution in [1.82, 2.24) is 0 Å². The van der Waals surface area contributed by atoms with Crippen molar-refractivity contribution in [3.05, 3.63) is 29.8 Å². The van der Waals surface area contributed by atoms with Gasteiger partial charge in [0.05, 0.1) is 0 Å². The molecule has 1 aliphatic heterocycles. The molecule has 0 saturated heterocycles. The average molecular weight is 176 g/mol. The molecule has 1 aromatic carbocycles. The maximum Gasteiger partial charge on any atom is 0.319 e. The smallest absolute Gasteiger partial charge is 0.319 e. The summed E-state index contributed by atoms with van der Waals surface area (Å²) in [5.41, 5.74) is 7.45. The molecule has 2 rings (SSSR count). The van der Waals surface area contributed by atoms with Crippen LogP contribution in [0.15, 0.2) is 24.3 Å². The number of carbonyl (C=O) groups is 1. The molecule has 68 valence electrons. The van der Waals surface area contributed by atoms with Crippen LogP contribution in [0.4, 0.5) is 10.5 Å². The Morgan fingerprint density at radius 3 is 2.92 bits per heavy atom. The van der Waals surface area contributed by atoms with Gasteiger partial charge in [-0.3, -0.25) is 4.90 Å². The number of para-hydroxylation sites is 1. The molecule has 1 aromatic rings. The lowest BCUT2D eigenvalue weighted by atomic mass is 10.1. The molecule has 0 spiro atoms. The summed E-state index contributed by atoms with van der Waals surface area (Å²) >= 11 is 0. The first-order valence-corrected chi connectivity index (χ1v) is 4.36. The minimum atomic E-state index is -0.363. The Bertz CT molecular complexity index is 349. The standard InChI is InChI=1S/C10H12N2O/c1-7-6-8-4-2-3-5-9(8)12(7)10(11)13/h2-5,7H,6H2,1H3,(H2,11,13). The van der Waals surface area contributed by atoms with Crippen LogP contribution in [-0.2, 0) is 6.42 Å². The number of amides is 2. The summed E-state index contributed by atoms with van der Waals surface area (Å²) in [6.45, 7) is 2.00. The third-order valence-electron chi connectivity index (χ3n) is 2.44. The van der Waals surface area contributed by atoms with Crippen LogP contribution in [0.1, 0.15) is 12.5 Å². The van der Waals surface area contributed by atoms with Crippen molar-refractivity contribution in [2.24, 2.45) is 5.73 Å². The van der Waals surface area contributed by atoms with Gasteiger partial charge in [-0.2, -0.15) is 0 Å². The molecule has 2 amide bonds. The number of fused-ring (bicyclic) bond motifs is 1. The highest BCUT2D eigenvalue weighted by molar-refractivity contribution is 5.93. The van der Waals surface area contributed by atoms with E-state index in [0.29, 0.717) is 0 Å². The third-order valence-corrected chi connectivity index (χ3v) is 2.44. The molecule has 0 aliphatic carbocycles. The van der Waals surface area contributed by atoms with Gasteiger partial charge in [-0.15, -0.1) is 0 Å². The van der Waals surface area contributed by atoms with Gasteiger partial charge in [-0.05, 0) is 25.0 Å². The highest BCUT2D eigenvalue weighted by Gasteiger charge is 2.28. The number of nitrogens with two attached hydrogens (primary N) is 1. The predicted octanol–water partition coefficient (Wildman–Crippen LogP) is 1.52. The first-order chi connectivity index (χ1) is 6.20. The summed E-state index contributed by atoms with van der Waals surface area (Å²) in [4.78, 5) is 12.8. The van der Waals surface area contributed by atoms with Gasteiger partial charge in [0, 0.05) is 11.7 Å². The van der Waals surface area contributed by atoms with E-state index in [1.807, 2.05) is 31.2 Å². The number of primary amides is 1. The minimum absolute atomic E-state index is 0.190. The number of rotatable bonds is 0. The Morgan fingerprint density at radius 1 is 1.54 bits per heavy atom. The number of anilines is 1. The van der Waals surface area contributed by atoms with Gasteiger partial charge >= 0.3 is 6.03 Å². The van der Waals surface area contributed by atoms with Crippen molar-refractivity contribution in [2.75, 3.05) is 4.90 Å². The monoisotopic (exact) mass is 176 g/mol. The Hall–Kier alpha value is -1.51. The zero-order valence-electron chi connectivity index (χ0n) is 7.53. The number of urea groups is 1. The first kappa shape index (κ1) is 8.10. The second-order valence-corrected chi connectivity index (χ2v) is 3.39. The Kier molecular flexibility index (Phi) is 1.72. The predicted molar refractivity (Wildman–Crippen MR) is 51.7 cm³/mol. The van der Waals surface area contributed by atoms with Gasteiger partial charge in [-0.1, -0.05) is 18.2 Å². The van der Waals surface area contributed by atoms with E-state index in [1.165, 1.54) is 5.56 Å². The number of hydrogen-bond donors (Lipinski definition) is 1. The Labute approximate surface area is 77.1 Å². The normalized spacial score (nSPS) is 20.1. The van der Waals surface area contributed by atoms with Gasteiger partial charge in [0.25, 0.3) is 0 Å². The van der Waals surface area contributed by atoms with E-state index in [1.54, 1.807) is 4.90 Å². The van der Waals surface area contributed by atoms with E-state index < -0.39 is 0 Å². The summed E-state index contributed by atoms with van der Waals surface area (Å²) in [7, 11) is 0. The molecule has 0 saturated carbocycles. The van der Waals surface area contributed by atoms with Gasteiger partial charge in [0.2, 0.25) is 0 Å². The molecule has 1 aliphatic rings. The maximum atomic E-state index is 11.1. The molecular weight excluding hydrogens is 164 g/mol. The fourth-order valence-electron chi connectivity index (χ4n) is 1.90. The molecule has 0 radical (unpaired) electrons. The van der Waals surface area contributed by atoms with Gasteiger partial charge in [-0.25, -0.2) is 4.79 Å². The van der Waals surface area contributed by atoms with Crippen LogP contribution in [0.25, 0.3) is 0 Å². The van der Waals surface area contributed by atoms with E-state index >= 15 is 0 Å². The largest absolute Gasteiger partial charge is 0.351 e. The van der Waals surface area contributed by atoms with Crippen LogP contribution in [0, 0.1) is 0 Å². The van der Waals surface area contributed by atoms with Crippen LogP contribution >= 0.6 is 0 Å². The van der Waals surface area contributed by atoms with E-state index in [2.05, 4.69) is 0 Å². The molecule has 1 heterocycles. The van der Waals surface area contributed by atoms with Crippen molar-refractivity contribution in [1.29, 1.82) is 0 Å². The molecule has 3 heteroatoms. The van der Waals surface area contributed by atoms with Crippen LogP contribution < -0.4 is 10.6 Å². The minimum Gasteiger partial charge on any atom is -0.351 e. The summed E-state index contributed by atoms with van der Waals surface area (Å²) in [5.74, 6) is 0. The number of nitrogens with zero attached hydrogens (tertiary/aromatic N) is 1. The molecule has 13 heavy (non-hydrogen) atoms. The summed E-state index contributed by atoms with van der Waals surface area (Å²) in [6.07, 6.45) is 0.902. The second kappa shape index (κ2) is 2.76. The van der Waals surface area contributed by atoms with Crippen molar-refractivity contribution >= 4 is 11.7 Å². The molecule has 0 aromatic heterocycles. The highest BCUT2D eigenvalue weighted by atomic mass is 16.2. The molecule has 3 nitrogen and oxygen atoms in total. The average Bonchev–Trinajstić information content (AvgIpc) is 2.39. The van der Waals surface area contributed by atoms with Crippen molar-refractivity contribution in [3.63, 3.8) is 0 Å². The molecule has 1 unspecified atom stereocenters. The quantitative estimate of drug-likeness (QED) is 0.640. The summed E-state index contributed by atoms with van der Waals surface area (Å²) in [6, 6.07) is 7.70. The van der Waals surface area contributed by atoms with Crippen molar-refractivity contribution in [2.45, 2.75) is 19.4 Å². The van der Waals surface area contributed by atoms with Gasteiger partial charge in [0.1, 0.15) is 0 Å². The molecule has 0 fully saturated rings. The van der Waals surface area contributed by atoms with Crippen molar-refractivity contribution < 1.29 is 4.79 Å². The molecular formula is C10H12N2O. The van der Waals surface area contributed by atoms with Gasteiger partial charge < -0.3 is 5.73 Å². The van der Waals surface area contributed by atoms with Crippen LogP contribution in [-0.4, -0.2) is 12.1 Å². The van der Waals surface area contributed by atoms with Crippen LogP contribution in [0.3, 0.4) is 0 Å². The van der Waals surface area contributed by atoms with E-state index in [0.717, 1.165) is 12.1 Å². The fraction of sp³-hybridized carbons (Fsp3) is 0.300.